The molecule has 1 aliphatic rings. The third-order valence-electron chi connectivity index (χ3n) is 3.11. The summed E-state index contributed by atoms with van der Waals surface area (Å²) in [6.07, 6.45) is 0. The van der Waals surface area contributed by atoms with Gasteiger partial charge in [-0.05, 0) is 38.5 Å². The van der Waals surface area contributed by atoms with Crippen LogP contribution in [0.25, 0.3) is 0 Å². The van der Waals surface area contributed by atoms with Gasteiger partial charge in [0, 0.05) is 35.7 Å². The van der Waals surface area contributed by atoms with Crippen LogP contribution in [0.4, 0.5) is 0 Å². The molecule has 1 saturated heterocycles. The molecule has 1 N–H and O–H groups in total. The average Bonchev–Trinajstić information content (AvgIpc) is 2.18. The van der Waals surface area contributed by atoms with Crippen molar-refractivity contribution in [1.82, 2.24) is 10.2 Å². The number of halogens is 1. The first-order valence-electron chi connectivity index (χ1n) is 6.19. The smallest absolute Gasteiger partial charge is 0.0255 e. The van der Waals surface area contributed by atoms with Gasteiger partial charge in [0.25, 0.3) is 0 Å². The zero-order chi connectivity index (χ0) is 12.5. The Kier molecular flexibility index (Phi) is 3.91. The molecule has 0 aromatic heterocycles. The van der Waals surface area contributed by atoms with Gasteiger partial charge in [0.1, 0.15) is 0 Å². The molecular weight excluding hydrogens is 276 g/mol. The van der Waals surface area contributed by atoms with Gasteiger partial charge in [-0.1, -0.05) is 28.1 Å². The Morgan fingerprint density at radius 1 is 1.35 bits per heavy atom. The topological polar surface area (TPSA) is 15.3 Å². The third kappa shape index (κ3) is 3.80. The lowest BCUT2D eigenvalue weighted by molar-refractivity contribution is 0.117. The van der Waals surface area contributed by atoms with E-state index in [2.05, 4.69) is 71.2 Å². The number of rotatable bonds is 2. The van der Waals surface area contributed by atoms with E-state index in [0.717, 1.165) is 24.1 Å². The van der Waals surface area contributed by atoms with E-state index >= 15 is 0 Å². The quantitative estimate of drug-likeness (QED) is 0.902. The van der Waals surface area contributed by atoms with Gasteiger partial charge in [0.05, 0.1) is 0 Å². The van der Waals surface area contributed by atoms with Crippen molar-refractivity contribution in [3.05, 3.63) is 34.3 Å². The molecule has 94 valence electrons. The Morgan fingerprint density at radius 2 is 2.00 bits per heavy atom. The van der Waals surface area contributed by atoms with Crippen molar-refractivity contribution < 1.29 is 0 Å². The summed E-state index contributed by atoms with van der Waals surface area (Å²) in [6, 6.07) is 9.19. The number of benzene rings is 1. The molecular formula is C14H21BrN2. The molecule has 2 rings (SSSR count). The summed E-state index contributed by atoms with van der Waals surface area (Å²) in [6.45, 7) is 10.1. The Bertz CT molecular complexity index is 372. The Morgan fingerprint density at radius 3 is 2.59 bits per heavy atom. The van der Waals surface area contributed by atoms with Crippen LogP contribution in [-0.2, 0) is 6.54 Å². The zero-order valence-electron chi connectivity index (χ0n) is 10.8. The van der Waals surface area contributed by atoms with Crippen LogP contribution in [0.2, 0.25) is 0 Å². The van der Waals surface area contributed by atoms with Crippen LogP contribution in [0.1, 0.15) is 26.3 Å². The second-order valence-corrected chi connectivity index (χ2v) is 6.64. The molecule has 1 aliphatic heterocycles. The van der Waals surface area contributed by atoms with E-state index in [1.54, 1.807) is 0 Å². The van der Waals surface area contributed by atoms with Crippen LogP contribution < -0.4 is 5.32 Å². The molecule has 0 bridgehead atoms. The number of hydrogen-bond acceptors (Lipinski definition) is 2. The zero-order valence-corrected chi connectivity index (χ0v) is 12.4. The van der Waals surface area contributed by atoms with Crippen LogP contribution >= 0.6 is 15.9 Å². The summed E-state index contributed by atoms with van der Waals surface area (Å²) in [5.74, 6) is 0. The van der Waals surface area contributed by atoms with Crippen molar-refractivity contribution in [1.29, 1.82) is 0 Å². The fraction of sp³-hybridized carbons (Fsp3) is 0.571. The van der Waals surface area contributed by atoms with E-state index in [0.29, 0.717) is 6.04 Å². The van der Waals surface area contributed by atoms with E-state index in [1.165, 1.54) is 5.56 Å². The predicted molar refractivity (Wildman–Crippen MR) is 76.1 cm³/mol. The summed E-state index contributed by atoms with van der Waals surface area (Å²) in [5.41, 5.74) is 1.60. The maximum absolute atomic E-state index is 3.63. The van der Waals surface area contributed by atoms with Crippen molar-refractivity contribution >= 4 is 15.9 Å². The van der Waals surface area contributed by atoms with Crippen molar-refractivity contribution in [3.63, 3.8) is 0 Å². The van der Waals surface area contributed by atoms with Gasteiger partial charge >= 0.3 is 0 Å². The van der Waals surface area contributed by atoms with E-state index in [9.17, 15) is 0 Å². The Labute approximate surface area is 113 Å². The van der Waals surface area contributed by atoms with E-state index in [1.807, 2.05) is 0 Å². The summed E-state index contributed by atoms with van der Waals surface area (Å²) < 4.78 is 1.15. The normalized spacial score (nSPS) is 24.8. The highest BCUT2D eigenvalue weighted by Crippen LogP contribution is 2.17. The highest BCUT2D eigenvalue weighted by molar-refractivity contribution is 9.10. The molecule has 1 atom stereocenters. The van der Waals surface area contributed by atoms with Gasteiger partial charge in [-0.25, -0.2) is 0 Å². The maximum Gasteiger partial charge on any atom is 0.0255 e. The number of hydrogen-bond donors (Lipinski definition) is 1. The van der Waals surface area contributed by atoms with Gasteiger partial charge in [0.2, 0.25) is 0 Å². The highest BCUT2D eigenvalue weighted by Gasteiger charge is 2.29. The van der Waals surface area contributed by atoms with Crippen molar-refractivity contribution in [3.8, 4) is 0 Å². The predicted octanol–water partition coefficient (Wildman–Crippen LogP) is 3.02. The first-order chi connectivity index (χ1) is 7.94. The van der Waals surface area contributed by atoms with Crippen LogP contribution in [-0.4, -0.2) is 29.6 Å². The average molecular weight is 297 g/mol. The minimum absolute atomic E-state index is 0.215. The largest absolute Gasteiger partial charge is 0.307 e. The summed E-state index contributed by atoms with van der Waals surface area (Å²) in [5, 5.41) is 3.63. The lowest BCUT2D eigenvalue weighted by atomic mass is 9.98. The number of piperazine rings is 1. The van der Waals surface area contributed by atoms with Crippen molar-refractivity contribution in [2.75, 3.05) is 13.1 Å². The van der Waals surface area contributed by atoms with Gasteiger partial charge in [-0.3, -0.25) is 4.90 Å². The Hall–Kier alpha value is -0.380. The van der Waals surface area contributed by atoms with Gasteiger partial charge in [0.15, 0.2) is 0 Å². The molecule has 1 heterocycles. The number of nitrogens with one attached hydrogen (secondary N) is 1. The van der Waals surface area contributed by atoms with Crippen LogP contribution in [0.5, 0.6) is 0 Å². The fourth-order valence-corrected chi connectivity index (χ4v) is 3.00. The van der Waals surface area contributed by atoms with Crippen LogP contribution in [0.3, 0.4) is 0 Å². The SMILES string of the molecule is CC1CN(Cc2ccc(Br)cc2)CC(C)(C)N1. The minimum atomic E-state index is 0.215. The highest BCUT2D eigenvalue weighted by atomic mass is 79.9. The molecule has 1 fully saturated rings. The molecule has 0 radical (unpaired) electrons. The van der Waals surface area contributed by atoms with E-state index in [4.69, 9.17) is 0 Å². The first kappa shape index (κ1) is 13.1. The molecule has 17 heavy (non-hydrogen) atoms. The van der Waals surface area contributed by atoms with Gasteiger partial charge < -0.3 is 5.32 Å². The molecule has 0 saturated carbocycles. The molecule has 2 nitrogen and oxygen atoms in total. The third-order valence-corrected chi connectivity index (χ3v) is 3.64. The van der Waals surface area contributed by atoms with Gasteiger partial charge in [-0.15, -0.1) is 0 Å². The molecule has 1 unspecified atom stereocenters. The van der Waals surface area contributed by atoms with Crippen LogP contribution in [0.15, 0.2) is 28.7 Å². The fourth-order valence-electron chi connectivity index (χ4n) is 2.74. The monoisotopic (exact) mass is 296 g/mol. The van der Waals surface area contributed by atoms with Gasteiger partial charge in [-0.2, -0.15) is 0 Å². The molecule has 0 amide bonds. The first-order valence-corrected chi connectivity index (χ1v) is 6.98. The van der Waals surface area contributed by atoms with Crippen LogP contribution in [0, 0.1) is 0 Å². The summed E-state index contributed by atoms with van der Waals surface area (Å²) >= 11 is 3.47. The van der Waals surface area contributed by atoms with Crippen molar-refractivity contribution in [2.45, 2.75) is 38.9 Å². The summed E-state index contributed by atoms with van der Waals surface area (Å²) in [7, 11) is 0. The molecule has 3 heteroatoms. The molecule has 1 aromatic carbocycles. The maximum atomic E-state index is 3.63. The second-order valence-electron chi connectivity index (χ2n) is 5.73. The number of nitrogens with zero attached hydrogens (tertiary/aromatic N) is 1. The molecule has 1 aromatic rings. The lowest BCUT2D eigenvalue weighted by Gasteiger charge is -2.42. The summed E-state index contributed by atoms with van der Waals surface area (Å²) in [4.78, 5) is 2.53. The molecule has 0 aliphatic carbocycles. The van der Waals surface area contributed by atoms with E-state index < -0.39 is 0 Å². The second kappa shape index (κ2) is 5.09. The minimum Gasteiger partial charge on any atom is -0.307 e. The lowest BCUT2D eigenvalue weighted by Crippen LogP contribution is -2.60. The standard InChI is InChI=1S/C14H21BrN2/c1-11-8-17(10-14(2,3)16-11)9-12-4-6-13(15)7-5-12/h4-7,11,16H,8-10H2,1-3H3. The van der Waals surface area contributed by atoms with E-state index in [-0.39, 0.29) is 5.54 Å². The van der Waals surface area contributed by atoms with Crippen molar-refractivity contribution in [2.24, 2.45) is 0 Å². The Balaban J connectivity index is 2.01. The molecule has 0 spiro atoms.